The van der Waals surface area contributed by atoms with Crippen molar-refractivity contribution in [3.05, 3.63) is 35.4 Å². The van der Waals surface area contributed by atoms with Gasteiger partial charge in [-0.15, -0.1) is 24.8 Å². The van der Waals surface area contributed by atoms with Crippen LogP contribution in [-0.4, -0.2) is 50.7 Å². The van der Waals surface area contributed by atoms with Crippen molar-refractivity contribution < 1.29 is 9.53 Å². The number of rotatable bonds is 7. The molecule has 2 saturated heterocycles. The number of ether oxygens (including phenoxy) is 1. The van der Waals surface area contributed by atoms with Gasteiger partial charge in [-0.25, -0.2) is 0 Å². The highest BCUT2D eigenvalue weighted by Crippen LogP contribution is 2.29. The molecular formula is C22H37Cl2N3O2. The van der Waals surface area contributed by atoms with Crippen molar-refractivity contribution >= 4 is 30.7 Å². The molecule has 0 aromatic heterocycles. The molecule has 0 unspecified atom stereocenters. The number of nitrogens with zero attached hydrogens (tertiary/aromatic N) is 1. The van der Waals surface area contributed by atoms with E-state index in [0.717, 1.165) is 32.5 Å². The van der Waals surface area contributed by atoms with Crippen LogP contribution < -0.4 is 10.6 Å². The standard InChI is InChI=1S/C22H35N3O2.2ClH/c1-27-18-22(9-11-23-12-10-22)21(26)24-16-19-7-6-8-20(15-19)17-25-13-4-2-3-5-14-25;;/h6-8,15,23H,2-5,9-14,16-18H2,1H3,(H,24,26);2*1H. The smallest absolute Gasteiger partial charge is 0.228 e. The third-order valence-corrected chi connectivity index (χ3v) is 6.01. The molecule has 29 heavy (non-hydrogen) atoms. The van der Waals surface area contributed by atoms with Crippen LogP contribution in [0.4, 0.5) is 0 Å². The first kappa shape index (κ1) is 26.2. The van der Waals surface area contributed by atoms with E-state index in [9.17, 15) is 4.79 Å². The summed E-state index contributed by atoms with van der Waals surface area (Å²) in [6.07, 6.45) is 7.02. The largest absolute Gasteiger partial charge is 0.384 e. The molecule has 1 aromatic rings. The van der Waals surface area contributed by atoms with E-state index in [1.165, 1.54) is 49.9 Å². The molecule has 0 bridgehead atoms. The summed E-state index contributed by atoms with van der Waals surface area (Å²) < 4.78 is 5.38. The van der Waals surface area contributed by atoms with Gasteiger partial charge in [-0.3, -0.25) is 9.69 Å². The maximum atomic E-state index is 12.9. The molecule has 3 rings (SSSR count). The predicted molar refractivity (Wildman–Crippen MR) is 123 cm³/mol. The lowest BCUT2D eigenvalue weighted by atomic mass is 9.78. The maximum Gasteiger partial charge on any atom is 0.228 e. The van der Waals surface area contributed by atoms with Crippen LogP contribution in [0.25, 0.3) is 0 Å². The third-order valence-electron chi connectivity index (χ3n) is 6.01. The Kier molecular flexibility index (Phi) is 12.1. The number of carbonyl (C=O) groups excluding carboxylic acids is 1. The van der Waals surface area contributed by atoms with Gasteiger partial charge in [0.05, 0.1) is 12.0 Å². The van der Waals surface area contributed by atoms with E-state index in [4.69, 9.17) is 4.74 Å². The Hall–Kier alpha value is -0.850. The molecule has 0 saturated carbocycles. The van der Waals surface area contributed by atoms with Gasteiger partial charge in [0.2, 0.25) is 5.91 Å². The minimum Gasteiger partial charge on any atom is -0.384 e. The van der Waals surface area contributed by atoms with E-state index in [0.29, 0.717) is 13.2 Å². The molecular weight excluding hydrogens is 409 g/mol. The van der Waals surface area contributed by atoms with Crippen molar-refractivity contribution in [3.8, 4) is 0 Å². The molecule has 2 N–H and O–H groups in total. The lowest BCUT2D eigenvalue weighted by molar-refractivity contribution is -0.136. The first-order chi connectivity index (χ1) is 13.2. The number of hydrogen-bond acceptors (Lipinski definition) is 4. The molecule has 2 aliphatic heterocycles. The molecule has 0 atom stereocenters. The summed E-state index contributed by atoms with van der Waals surface area (Å²) in [5.74, 6) is 0.128. The summed E-state index contributed by atoms with van der Waals surface area (Å²) in [6.45, 7) is 6.26. The second kappa shape index (κ2) is 13.5. The molecule has 2 aliphatic rings. The van der Waals surface area contributed by atoms with Crippen LogP contribution in [0.1, 0.15) is 49.7 Å². The van der Waals surface area contributed by atoms with Gasteiger partial charge < -0.3 is 15.4 Å². The number of benzene rings is 1. The lowest BCUT2D eigenvalue weighted by Crippen LogP contribution is -2.49. The topological polar surface area (TPSA) is 53.6 Å². The average Bonchev–Trinajstić information content (AvgIpc) is 2.96. The molecule has 166 valence electrons. The number of carbonyl (C=O) groups is 1. The average molecular weight is 446 g/mol. The van der Waals surface area contributed by atoms with Crippen molar-refractivity contribution in [1.29, 1.82) is 0 Å². The van der Waals surface area contributed by atoms with Crippen LogP contribution in [0.15, 0.2) is 24.3 Å². The zero-order chi connectivity index (χ0) is 19.0. The minimum absolute atomic E-state index is 0. The lowest BCUT2D eigenvalue weighted by Gasteiger charge is -2.35. The van der Waals surface area contributed by atoms with Crippen LogP contribution in [0.5, 0.6) is 0 Å². The Morgan fingerprint density at radius 1 is 1.10 bits per heavy atom. The van der Waals surface area contributed by atoms with E-state index in [-0.39, 0.29) is 36.1 Å². The fraction of sp³-hybridized carbons (Fsp3) is 0.682. The molecule has 2 heterocycles. The fourth-order valence-corrected chi connectivity index (χ4v) is 4.38. The number of hydrogen-bond donors (Lipinski definition) is 2. The number of nitrogens with one attached hydrogen (secondary N) is 2. The van der Waals surface area contributed by atoms with Gasteiger partial charge in [-0.1, -0.05) is 37.1 Å². The van der Waals surface area contributed by atoms with Gasteiger partial charge in [-0.2, -0.15) is 0 Å². The van der Waals surface area contributed by atoms with Crippen LogP contribution >= 0.6 is 24.8 Å². The Morgan fingerprint density at radius 2 is 1.76 bits per heavy atom. The summed E-state index contributed by atoms with van der Waals surface area (Å²) in [7, 11) is 1.68. The molecule has 7 heteroatoms. The Bertz CT molecular complexity index is 596. The first-order valence-electron chi connectivity index (χ1n) is 10.5. The van der Waals surface area contributed by atoms with Crippen molar-refractivity contribution in [1.82, 2.24) is 15.5 Å². The number of likely N-dealkylation sites (tertiary alicyclic amines) is 1. The second-order valence-corrected chi connectivity index (χ2v) is 8.16. The minimum atomic E-state index is -0.385. The van der Waals surface area contributed by atoms with Crippen molar-refractivity contribution in [2.75, 3.05) is 39.9 Å². The molecule has 5 nitrogen and oxygen atoms in total. The third kappa shape index (κ3) is 7.72. The molecule has 1 aromatic carbocycles. The van der Waals surface area contributed by atoms with E-state index in [2.05, 4.69) is 39.8 Å². The van der Waals surface area contributed by atoms with Crippen LogP contribution in [0, 0.1) is 5.41 Å². The van der Waals surface area contributed by atoms with E-state index in [1.54, 1.807) is 7.11 Å². The summed E-state index contributed by atoms with van der Waals surface area (Å²) in [5.41, 5.74) is 2.14. The van der Waals surface area contributed by atoms with Gasteiger partial charge in [-0.05, 0) is 63.0 Å². The number of methoxy groups -OCH3 is 1. The molecule has 0 aliphatic carbocycles. The van der Waals surface area contributed by atoms with Crippen molar-refractivity contribution in [2.24, 2.45) is 5.41 Å². The summed E-state index contributed by atoms with van der Waals surface area (Å²) >= 11 is 0. The van der Waals surface area contributed by atoms with E-state index < -0.39 is 0 Å². The van der Waals surface area contributed by atoms with Crippen LogP contribution in [-0.2, 0) is 22.6 Å². The molecule has 2 fully saturated rings. The van der Waals surface area contributed by atoms with E-state index in [1.807, 2.05) is 0 Å². The van der Waals surface area contributed by atoms with Gasteiger partial charge >= 0.3 is 0 Å². The van der Waals surface area contributed by atoms with Crippen molar-refractivity contribution in [3.63, 3.8) is 0 Å². The highest BCUT2D eigenvalue weighted by molar-refractivity contribution is 5.85. The highest BCUT2D eigenvalue weighted by Gasteiger charge is 2.39. The summed E-state index contributed by atoms with van der Waals surface area (Å²) in [6, 6.07) is 8.67. The predicted octanol–water partition coefficient (Wildman–Crippen LogP) is 3.54. The van der Waals surface area contributed by atoms with Crippen LogP contribution in [0.3, 0.4) is 0 Å². The second-order valence-electron chi connectivity index (χ2n) is 8.16. The first-order valence-corrected chi connectivity index (χ1v) is 10.5. The normalized spacial score (nSPS) is 19.3. The number of amides is 1. The highest BCUT2D eigenvalue weighted by atomic mass is 35.5. The Labute approximate surface area is 188 Å². The van der Waals surface area contributed by atoms with E-state index >= 15 is 0 Å². The number of piperidine rings is 1. The van der Waals surface area contributed by atoms with Crippen LogP contribution in [0.2, 0.25) is 0 Å². The van der Waals surface area contributed by atoms with Gasteiger partial charge in [0, 0.05) is 20.2 Å². The van der Waals surface area contributed by atoms with Gasteiger partial charge in [0.25, 0.3) is 0 Å². The maximum absolute atomic E-state index is 12.9. The molecule has 0 spiro atoms. The fourth-order valence-electron chi connectivity index (χ4n) is 4.38. The van der Waals surface area contributed by atoms with Gasteiger partial charge in [0.15, 0.2) is 0 Å². The Balaban J connectivity index is 0.00000210. The SMILES string of the molecule is COCC1(C(=O)NCc2cccc(CN3CCCCCC3)c2)CCNCC1.Cl.Cl. The number of halogens is 2. The zero-order valence-corrected chi connectivity index (χ0v) is 19.2. The monoisotopic (exact) mass is 445 g/mol. The summed E-state index contributed by atoms with van der Waals surface area (Å²) in [5, 5.41) is 6.51. The molecule has 0 radical (unpaired) electrons. The van der Waals surface area contributed by atoms with Gasteiger partial charge in [0.1, 0.15) is 0 Å². The Morgan fingerprint density at radius 3 is 2.41 bits per heavy atom. The quantitative estimate of drug-likeness (QED) is 0.673. The van der Waals surface area contributed by atoms with Crippen molar-refractivity contribution in [2.45, 2.75) is 51.6 Å². The zero-order valence-electron chi connectivity index (χ0n) is 17.6. The summed E-state index contributed by atoms with van der Waals surface area (Å²) in [4.78, 5) is 15.5. The molecule has 1 amide bonds.